The third-order valence-corrected chi connectivity index (χ3v) is 1.64. The molecule has 96 valence electrons. The van der Waals surface area contributed by atoms with Crippen molar-refractivity contribution in [3.63, 3.8) is 0 Å². The van der Waals surface area contributed by atoms with Crippen LogP contribution >= 0.6 is 0 Å². The number of rotatable bonds is 4. The zero-order chi connectivity index (χ0) is 13.5. The molecule has 0 bridgehead atoms. The third-order valence-electron chi connectivity index (χ3n) is 1.64. The molecule has 1 rings (SSSR count). The van der Waals surface area contributed by atoms with E-state index in [0.717, 1.165) is 6.21 Å². The topological polar surface area (TPSA) is 148 Å². The molecule has 0 aliphatic carbocycles. The fraction of sp³-hybridized carbons (Fsp3) is 0.111. The summed E-state index contributed by atoms with van der Waals surface area (Å²) in [6.45, 7) is 1.74. The number of hydrogen-bond donors (Lipinski definition) is 4. The molecule has 0 atom stereocenters. The van der Waals surface area contributed by atoms with Gasteiger partial charge in [0.25, 0.3) is 0 Å². The van der Waals surface area contributed by atoms with E-state index in [2.05, 4.69) is 10.2 Å². The molecular formula is C9H12N6O3. The van der Waals surface area contributed by atoms with Gasteiger partial charge < -0.3 is 15.9 Å². The summed E-state index contributed by atoms with van der Waals surface area (Å²) in [7, 11) is 0. The lowest BCUT2D eigenvalue weighted by Gasteiger charge is -1.98. The average molecular weight is 252 g/mol. The average Bonchev–Trinajstić information content (AvgIpc) is 2.69. The minimum Gasteiger partial charge on any atom is -0.460 e. The van der Waals surface area contributed by atoms with Crippen LogP contribution in [0.25, 0.3) is 0 Å². The highest BCUT2D eigenvalue weighted by atomic mass is 16.3. The lowest BCUT2D eigenvalue weighted by atomic mass is 10.3. The number of primary amides is 2. The maximum atomic E-state index is 10.6. The molecule has 0 aromatic carbocycles. The lowest BCUT2D eigenvalue weighted by Crippen LogP contribution is -2.27. The van der Waals surface area contributed by atoms with Gasteiger partial charge in [0.15, 0.2) is 5.76 Å². The number of carbonyl (C=O) groups excluding carboxylic acids is 2. The van der Waals surface area contributed by atoms with Crippen molar-refractivity contribution < 1.29 is 14.0 Å². The summed E-state index contributed by atoms with van der Waals surface area (Å²) >= 11 is 0. The van der Waals surface area contributed by atoms with Gasteiger partial charge in [-0.25, -0.2) is 20.4 Å². The molecule has 18 heavy (non-hydrogen) atoms. The molecule has 0 saturated carbocycles. The molecule has 9 heteroatoms. The summed E-state index contributed by atoms with van der Waals surface area (Å²) in [5.74, 6) is 0.990. The van der Waals surface area contributed by atoms with Gasteiger partial charge in [0, 0.05) is 0 Å². The van der Waals surface area contributed by atoms with Crippen molar-refractivity contribution in [3.05, 3.63) is 23.7 Å². The quantitative estimate of drug-likeness (QED) is 0.427. The summed E-state index contributed by atoms with van der Waals surface area (Å²) in [5.41, 5.74) is 13.9. The van der Waals surface area contributed by atoms with Crippen LogP contribution in [0.3, 0.4) is 0 Å². The Bertz CT molecular complexity index is 504. The molecule has 4 amide bonds. The van der Waals surface area contributed by atoms with Crippen LogP contribution in [0.2, 0.25) is 0 Å². The van der Waals surface area contributed by atoms with Crippen molar-refractivity contribution in [2.75, 3.05) is 0 Å². The second kappa shape index (κ2) is 6.03. The van der Waals surface area contributed by atoms with E-state index in [1.165, 1.54) is 0 Å². The summed E-state index contributed by atoms with van der Waals surface area (Å²) in [6, 6.07) is 1.65. The molecule has 0 saturated heterocycles. The second-order valence-electron chi connectivity index (χ2n) is 3.12. The Hall–Kier alpha value is -2.84. The summed E-state index contributed by atoms with van der Waals surface area (Å²) in [4.78, 5) is 21.0. The third kappa shape index (κ3) is 4.35. The van der Waals surface area contributed by atoms with Gasteiger partial charge in [0.05, 0.1) is 6.21 Å². The molecule has 1 aromatic heterocycles. The van der Waals surface area contributed by atoms with E-state index in [9.17, 15) is 9.59 Å². The Kier molecular flexibility index (Phi) is 4.43. The number of carbonyl (C=O) groups is 2. The summed E-state index contributed by atoms with van der Waals surface area (Å²) in [6.07, 6.45) is 1.15. The molecule has 0 spiro atoms. The maximum Gasteiger partial charge on any atom is 0.332 e. The fourth-order valence-electron chi connectivity index (χ4n) is 0.992. The molecular weight excluding hydrogens is 240 g/mol. The Balaban J connectivity index is 2.88. The Morgan fingerprint density at radius 2 is 1.94 bits per heavy atom. The molecule has 1 aromatic rings. The predicted octanol–water partition coefficient (Wildman–Crippen LogP) is -0.385. The monoisotopic (exact) mass is 252 g/mol. The molecule has 0 radical (unpaired) electrons. The number of nitrogens with two attached hydrogens (primary N) is 2. The van der Waals surface area contributed by atoms with E-state index in [-0.39, 0.29) is 5.71 Å². The Morgan fingerprint density at radius 1 is 1.28 bits per heavy atom. The highest BCUT2D eigenvalue weighted by Gasteiger charge is 2.06. The molecule has 9 nitrogen and oxygen atoms in total. The van der Waals surface area contributed by atoms with Gasteiger partial charge in [0.2, 0.25) is 0 Å². The number of nitrogens with one attached hydrogen (secondary N) is 2. The van der Waals surface area contributed by atoms with Crippen molar-refractivity contribution in [1.82, 2.24) is 10.9 Å². The smallest absolute Gasteiger partial charge is 0.332 e. The first-order chi connectivity index (χ1) is 8.49. The van der Waals surface area contributed by atoms with Crippen molar-refractivity contribution >= 4 is 24.0 Å². The van der Waals surface area contributed by atoms with Crippen LogP contribution in [0.4, 0.5) is 9.59 Å². The zero-order valence-corrected chi connectivity index (χ0v) is 9.51. The number of hydrazone groups is 2. The molecule has 1 heterocycles. The molecule has 0 aliphatic rings. The minimum absolute atomic E-state index is 0.163. The van der Waals surface area contributed by atoms with E-state index >= 15 is 0 Å². The number of nitrogens with zero attached hydrogens (tertiary/aromatic N) is 2. The molecule has 0 aliphatic heterocycles. The van der Waals surface area contributed by atoms with Crippen LogP contribution in [0.1, 0.15) is 11.5 Å². The lowest BCUT2D eigenvalue weighted by molar-refractivity contribution is 0.248. The number of aryl methyl sites for hydroxylation is 1. The van der Waals surface area contributed by atoms with E-state index in [4.69, 9.17) is 15.9 Å². The highest BCUT2D eigenvalue weighted by molar-refractivity contribution is 6.37. The van der Waals surface area contributed by atoms with Crippen LogP contribution in [0.15, 0.2) is 26.8 Å². The Labute approximate surface area is 102 Å². The Morgan fingerprint density at radius 3 is 2.44 bits per heavy atom. The molecule has 0 unspecified atom stereocenters. The number of urea groups is 2. The number of amides is 4. The normalized spacial score (nSPS) is 11.5. The van der Waals surface area contributed by atoms with Gasteiger partial charge in [-0.15, -0.1) is 0 Å². The van der Waals surface area contributed by atoms with Crippen LogP contribution in [-0.2, 0) is 0 Å². The van der Waals surface area contributed by atoms with Crippen molar-refractivity contribution in [1.29, 1.82) is 0 Å². The van der Waals surface area contributed by atoms with Crippen molar-refractivity contribution in [2.24, 2.45) is 21.7 Å². The standard InChI is InChI=1S/C9H12N6O3/c1-5-2-3-7(18-5)6(13-15-9(11)17)4-12-14-8(10)16/h2-4H,1H3,(H3,10,14,16)(H3,11,15,17). The van der Waals surface area contributed by atoms with Crippen molar-refractivity contribution in [3.8, 4) is 0 Å². The maximum absolute atomic E-state index is 10.6. The molecule has 6 N–H and O–H groups in total. The molecule has 0 fully saturated rings. The van der Waals surface area contributed by atoms with Crippen LogP contribution < -0.4 is 22.3 Å². The highest BCUT2D eigenvalue weighted by Crippen LogP contribution is 2.06. The van der Waals surface area contributed by atoms with E-state index in [0.29, 0.717) is 11.5 Å². The van der Waals surface area contributed by atoms with Gasteiger partial charge >= 0.3 is 12.1 Å². The first-order valence-electron chi connectivity index (χ1n) is 4.77. The van der Waals surface area contributed by atoms with Gasteiger partial charge in [0.1, 0.15) is 11.5 Å². The van der Waals surface area contributed by atoms with E-state index in [1.807, 2.05) is 10.9 Å². The van der Waals surface area contributed by atoms with Crippen LogP contribution in [0, 0.1) is 6.92 Å². The van der Waals surface area contributed by atoms with Crippen LogP contribution in [-0.4, -0.2) is 24.0 Å². The van der Waals surface area contributed by atoms with Gasteiger partial charge in [-0.2, -0.15) is 10.2 Å². The first-order valence-corrected chi connectivity index (χ1v) is 4.77. The number of hydrogen-bond acceptors (Lipinski definition) is 5. The van der Waals surface area contributed by atoms with Gasteiger partial charge in [-0.05, 0) is 19.1 Å². The fourth-order valence-corrected chi connectivity index (χ4v) is 0.992. The number of furan rings is 1. The summed E-state index contributed by atoms with van der Waals surface area (Å²) in [5, 5.41) is 7.16. The minimum atomic E-state index is -0.841. The largest absolute Gasteiger partial charge is 0.460 e. The first kappa shape index (κ1) is 13.2. The predicted molar refractivity (Wildman–Crippen MR) is 63.9 cm³/mol. The zero-order valence-electron chi connectivity index (χ0n) is 9.51. The SMILES string of the molecule is Cc1ccc(C(C=NNC(N)=O)=NNC(N)=O)o1. The van der Waals surface area contributed by atoms with Crippen molar-refractivity contribution in [2.45, 2.75) is 6.92 Å². The van der Waals surface area contributed by atoms with Crippen LogP contribution in [0.5, 0.6) is 0 Å². The summed E-state index contributed by atoms with van der Waals surface area (Å²) < 4.78 is 5.28. The van der Waals surface area contributed by atoms with Gasteiger partial charge in [-0.3, -0.25) is 0 Å². The second-order valence-corrected chi connectivity index (χ2v) is 3.12. The van der Waals surface area contributed by atoms with E-state index < -0.39 is 12.1 Å². The van der Waals surface area contributed by atoms with E-state index in [1.54, 1.807) is 19.1 Å². The van der Waals surface area contributed by atoms with Gasteiger partial charge in [-0.1, -0.05) is 0 Å².